The van der Waals surface area contributed by atoms with Crippen LogP contribution < -0.4 is 5.73 Å². The zero-order chi connectivity index (χ0) is 13.3. The van der Waals surface area contributed by atoms with Crippen molar-refractivity contribution in [3.05, 3.63) is 68.9 Å². The van der Waals surface area contributed by atoms with Gasteiger partial charge in [0.2, 0.25) is 0 Å². The second-order valence-electron chi connectivity index (χ2n) is 4.50. The molecule has 0 saturated heterocycles. The van der Waals surface area contributed by atoms with Gasteiger partial charge in [-0.15, -0.1) is 0 Å². The molecule has 0 aliphatic rings. The van der Waals surface area contributed by atoms with Crippen molar-refractivity contribution in [2.75, 3.05) is 0 Å². The molecular formula is C15H15BrFN. The first-order chi connectivity index (χ1) is 8.49. The Morgan fingerprint density at radius 1 is 1.00 bits per heavy atom. The van der Waals surface area contributed by atoms with Crippen LogP contribution in [0.25, 0.3) is 0 Å². The predicted octanol–water partition coefficient (Wildman–Crippen LogP) is 4.25. The summed E-state index contributed by atoms with van der Waals surface area (Å²) >= 11 is 3.39. The molecule has 1 nitrogen and oxygen atoms in total. The van der Waals surface area contributed by atoms with Crippen LogP contribution in [0.4, 0.5) is 4.39 Å². The summed E-state index contributed by atoms with van der Waals surface area (Å²) < 4.78 is 14.6. The fourth-order valence-electron chi connectivity index (χ4n) is 2.02. The van der Waals surface area contributed by atoms with Gasteiger partial charge in [-0.3, -0.25) is 0 Å². The second-order valence-corrected chi connectivity index (χ2v) is 5.41. The minimum Gasteiger partial charge on any atom is -0.320 e. The maximum absolute atomic E-state index is 13.6. The van der Waals surface area contributed by atoms with E-state index < -0.39 is 0 Å². The van der Waals surface area contributed by atoms with Crippen molar-refractivity contribution in [2.45, 2.75) is 19.9 Å². The molecule has 0 bridgehead atoms. The topological polar surface area (TPSA) is 26.0 Å². The van der Waals surface area contributed by atoms with Crippen molar-refractivity contribution in [3.8, 4) is 0 Å². The molecule has 2 aromatic carbocycles. The van der Waals surface area contributed by atoms with E-state index in [4.69, 9.17) is 5.73 Å². The van der Waals surface area contributed by atoms with E-state index in [0.717, 1.165) is 15.6 Å². The maximum atomic E-state index is 13.6. The summed E-state index contributed by atoms with van der Waals surface area (Å²) in [5.41, 5.74) is 9.45. The van der Waals surface area contributed by atoms with Crippen LogP contribution in [0.1, 0.15) is 28.3 Å². The van der Waals surface area contributed by atoms with Gasteiger partial charge in [-0.05, 0) is 48.2 Å². The van der Waals surface area contributed by atoms with Gasteiger partial charge in [0.1, 0.15) is 5.82 Å². The van der Waals surface area contributed by atoms with E-state index >= 15 is 0 Å². The van der Waals surface area contributed by atoms with E-state index in [1.807, 2.05) is 36.4 Å². The molecule has 0 amide bonds. The zero-order valence-electron chi connectivity index (χ0n) is 10.4. The van der Waals surface area contributed by atoms with E-state index in [9.17, 15) is 4.39 Å². The highest BCUT2D eigenvalue weighted by atomic mass is 79.9. The van der Waals surface area contributed by atoms with Gasteiger partial charge in [-0.2, -0.15) is 0 Å². The maximum Gasteiger partial charge on any atom is 0.129 e. The van der Waals surface area contributed by atoms with Crippen LogP contribution in [0, 0.1) is 19.7 Å². The zero-order valence-corrected chi connectivity index (χ0v) is 12.0. The molecule has 2 aromatic rings. The average molecular weight is 308 g/mol. The SMILES string of the molecule is Cc1cc(C(N)c2ccc(Br)cc2)cc(C)c1F. The molecule has 3 heteroatoms. The fraction of sp³-hybridized carbons (Fsp3) is 0.200. The van der Waals surface area contributed by atoms with E-state index in [0.29, 0.717) is 11.1 Å². The Balaban J connectivity index is 2.39. The number of halogens is 2. The molecule has 0 aromatic heterocycles. The number of rotatable bonds is 2. The molecule has 0 aliphatic heterocycles. The number of nitrogens with two attached hydrogens (primary N) is 1. The molecule has 94 valence electrons. The first-order valence-electron chi connectivity index (χ1n) is 5.76. The summed E-state index contributed by atoms with van der Waals surface area (Å²) in [5, 5.41) is 0. The summed E-state index contributed by atoms with van der Waals surface area (Å²) in [6, 6.07) is 11.3. The Hall–Kier alpha value is -1.19. The van der Waals surface area contributed by atoms with Crippen LogP contribution in [0.5, 0.6) is 0 Å². The third-order valence-electron chi connectivity index (χ3n) is 3.05. The lowest BCUT2D eigenvalue weighted by molar-refractivity contribution is 0.607. The molecule has 0 saturated carbocycles. The van der Waals surface area contributed by atoms with Gasteiger partial charge in [-0.25, -0.2) is 4.39 Å². The van der Waals surface area contributed by atoms with E-state index in [-0.39, 0.29) is 11.9 Å². The lowest BCUT2D eigenvalue weighted by atomic mass is 9.96. The monoisotopic (exact) mass is 307 g/mol. The van der Waals surface area contributed by atoms with Crippen LogP contribution in [0.15, 0.2) is 40.9 Å². The smallest absolute Gasteiger partial charge is 0.129 e. The standard InChI is InChI=1S/C15H15BrFN/c1-9-7-12(8-10(2)14(9)17)15(18)11-3-5-13(16)6-4-11/h3-8,15H,18H2,1-2H3. The lowest BCUT2D eigenvalue weighted by Crippen LogP contribution is -2.12. The van der Waals surface area contributed by atoms with Crippen LogP contribution in [-0.2, 0) is 0 Å². The normalized spacial score (nSPS) is 12.5. The second kappa shape index (κ2) is 5.21. The summed E-state index contributed by atoms with van der Waals surface area (Å²) in [6.07, 6.45) is 0. The van der Waals surface area contributed by atoms with Gasteiger partial charge in [0, 0.05) is 4.47 Å². The van der Waals surface area contributed by atoms with Crippen molar-refractivity contribution in [3.63, 3.8) is 0 Å². The van der Waals surface area contributed by atoms with E-state index in [1.165, 1.54) is 0 Å². The third kappa shape index (κ3) is 2.62. The Labute approximate surface area is 115 Å². The highest BCUT2D eigenvalue weighted by Crippen LogP contribution is 2.24. The number of hydrogen-bond donors (Lipinski definition) is 1. The Morgan fingerprint density at radius 3 is 2.00 bits per heavy atom. The molecule has 0 radical (unpaired) electrons. The van der Waals surface area contributed by atoms with Gasteiger partial charge in [0.15, 0.2) is 0 Å². The molecule has 0 fully saturated rings. The van der Waals surface area contributed by atoms with Crippen LogP contribution >= 0.6 is 15.9 Å². The Bertz CT molecular complexity index is 540. The van der Waals surface area contributed by atoms with Crippen LogP contribution in [0.2, 0.25) is 0 Å². The summed E-state index contributed by atoms with van der Waals surface area (Å²) in [5.74, 6) is -0.151. The summed E-state index contributed by atoms with van der Waals surface area (Å²) in [6.45, 7) is 3.53. The number of aryl methyl sites for hydroxylation is 2. The van der Waals surface area contributed by atoms with Crippen molar-refractivity contribution in [1.29, 1.82) is 0 Å². The van der Waals surface area contributed by atoms with Crippen molar-refractivity contribution in [1.82, 2.24) is 0 Å². The molecule has 0 aliphatic carbocycles. The molecule has 2 N–H and O–H groups in total. The Morgan fingerprint density at radius 2 is 1.50 bits per heavy atom. The molecule has 0 spiro atoms. The molecule has 2 rings (SSSR count). The minimum absolute atomic E-state index is 0.151. The Kier molecular flexibility index (Phi) is 3.83. The highest BCUT2D eigenvalue weighted by molar-refractivity contribution is 9.10. The summed E-state index contributed by atoms with van der Waals surface area (Å²) in [4.78, 5) is 0. The minimum atomic E-state index is -0.226. The van der Waals surface area contributed by atoms with Gasteiger partial charge in [0.25, 0.3) is 0 Å². The highest BCUT2D eigenvalue weighted by Gasteiger charge is 2.12. The predicted molar refractivity (Wildman–Crippen MR) is 76.0 cm³/mol. The first kappa shape index (κ1) is 13.2. The van der Waals surface area contributed by atoms with Crippen LogP contribution in [-0.4, -0.2) is 0 Å². The average Bonchev–Trinajstić information content (AvgIpc) is 2.35. The molecule has 1 atom stereocenters. The van der Waals surface area contributed by atoms with Crippen LogP contribution in [0.3, 0.4) is 0 Å². The van der Waals surface area contributed by atoms with Gasteiger partial charge >= 0.3 is 0 Å². The van der Waals surface area contributed by atoms with Crippen molar-refractivity contribution >= 4 is 15.9 Å². The van der Waals surface area contributed by atoms with Crippen molar-refractivity contribution < 1.29 is 4.39 Å². The van der Waals surface area contributed by atoms with Gasteiger partial charge in [-0.1, -0.05) is 40.2 Å². The van der Waals surface area contributed by atoms with E-state index in [2.05, 4.69) is 15.9 Å². The van der Waals surface area contributed by atoms with E-state index in [1.54, 1.807) is 13.8 Å². The third-order valence-corrected chi connectivity index (χ3v) is 3.58. The number of benzene rings is 2. The molecule has 1 unspecified atom stereocenters. The first-order valence-corrected chi connectivity index (χ1v) is 6.56. The molecule has 18 heavy (non-hydrogen) atoms. The van der Waals surface area contributed by atoms with Crippen molar-refractivity contribution in [2.24, 2.45) is 5.73 Å². The molecular weight excluding hydrogens is 293 g/mol. The number of hydrogen-bond acceptors (Lipinski definition) is 1. The fourth-order valence-corrected chi connectivity index (χ4v) is 2.29. The van der Waals surface area contributed by atoms with Gasteiger partial charge in [0.05, 0.1) is 6.04 Å². The summed E-state index contributed by atoms with van der Waals surface area (Å²) in [7, 11) is 0. The van der Waals surface area contributed by atoms with Gasteiger partial charge < -0.3 is 5.73 Å². The molecule has 0 heterocycles. The lowest BCUT2D eigenvalue weighted by Gasteiger charge is -2.15. The largest absolute Gasteiger partial charge is 0.320 e. The quantitative estimate of drug-likeness (QED) is 0.881.